The molecule has 6 aliphatic heterocycles. The lowest BCUT2D eigenvalue weighted by Gasteiger charge is -2.31. The lowest BCUT2D eigenvalue weighted by atomic mass is 9.95. The maximum Gasteiger partial charge on any atom is 0.225 e. The first-order valence-electron chi connectivity index (χ1n) is 32.1. The Labute approximate surface area is 556 Å². The van der Waals surface area contributed by atoms with E-state index >= 15 is 0 Å². The molecule has 7 heterocycles. The van der Waals surface area contributed by atoms with Gasteiger partial charge in [0, 0.05) is 81.5 Å². The Bertz CT molecular complexity index is 2090. The van der Waals surface area contributed by atoms with Crippen LogP contribution in [-0.2, 0) is 41.9 Å². The van der Waals surface area contributed by atoms with Gasteiger partial charge in [-0.3, -0.25) is 33.8 Å². The number of aliphatic hydroxyl groups excluding tert-OH is 1. The first-order chi connectivity index (χ1) is 40.8. The summed E-state index contributed by atoms with van der Waals surface area (Å²) in [5, 5.41) is 17.2. The Morgan fingerprint density at radius 1 is 0.473 bits per heavy atom. The SMILES string of the molecule is C.C.C.C.C.C.CCCNC(=O)C1CCN(C)CC1.CCN(CC)C(=O)C1CCN(C)CC1.CN1CCC(C(=O)N(C)Cc2ccccc2)CC1.CN1CCC(C(=O)NCCO)CC1.CN1CCC(C(=O)NCc2ccccn2)CC1.CN1CCC(C(N)=O)CC1. The number of carbonyl (C=O) groups is 6. The van der Waals surface area contributed by atoms with Gasteiger partial charge in [0.2, 0.25) is 35.4 Å². The molecule has 6 saturated heterocycles. The van der Waals surface area contributed by atoms with Gasteiger partial charge in [-0.2, -0.15) is 0 Å². The van der Waals surface area contributed by atoms with Gasteiger partial charge in [-0.15, -0.1) is 0 Å². The van der Waals surface area contributed by atoms with Crippen LogP contribution in [0.3, 0.4) is 0 Å². The second kappa shape index (κ2) is 53.3. The summed E-state index contributed by atoms with van der Waals surface area (Å²) < 4.78 is 0. The summed E-state index contributed by atoms with van der Waals surface area (Å²) in [6.07, 6.45) is 14.5. The smallest absolute Gasteiger partial charge is 0.225 e. The maximum absolute atomic E-state index is 12.3. The fraction of sp³-hybridized carbons (Fsp3) is 0.761. The molecule has 20 nitrogen and oxygen atoms in total. The zero-order valence-electron chi connectivity index (χ0n) is 54.3. The van der Waals surface area contributed by atoms with E-state index in [2.05, 4.69) is 126 Å². The van der Waals surface area contributed by atoms with Gasteiger partial charge in [-0.1, -0.05) is 87.9 Å². The number of primary amides is 1. The molecule has 20 heteroatoms. The predicted molar refractivity (Wildman–Crippen MR) is 381 cm³/mol. The van der Waals surface area contributed by atoms with E-state index in [1.165, 1.54) is 5.56 Å². The summed E-state index contributed by atoms with van der Waals surface area (Å²) in [4.78, 5) is 91.4. The maximum atomic E-state index is 12.3. The quantitative estimate of drug-likeness (QED) is 0.107. The van der Waals surface area contributed by atoms with Crippen LogP contribution in [0, 0.1) is 35.5 Å². The van der Waals surface area contributed by atoms with Crippen LogP contribution < -0.4 is 21.7 Å². The highest BCUT2D eigenvalue weighted by Gasteiger charge is 2.29. The van der Waals surface area contributed by atoms with Crippen LogP contribution in [-0.4, -0.2) is 245 Å². The van der Waals surface area contributed by atoms with Gasteiger partial charge in [0.05, 0.1) is 18.8 Å². The molecule has 2 aromatic rings. The predicted octanol–water partition coefficient (Wildman–Crippen LogP) is 8.14. The van der Waals surface area contributed by atoms with Crippen molar-refractivity contribution in [2.45, 2.75) is 162 Å². The van der Waals surface area contributed by atoms with Crippen LogP contribution in [0.25, 0.3) is 0 Å². The van der Waals surface area contributed by atoms with Crippen LogP contribution in [0.2, 0.25) is 0 Å². The molecular weight excluding hydrogens is 1150 g/mol. The summed E-state index contributed by atoms with van der Waals surface area (Å²) >= 11 is 0. The number of hydrogen-bond donors (Lipinski definition) is 5. The molecule has 6 fully saturated rings. The summed E-state index contributed by atoms with van der Waals surface area (Å²) in [6.45, 7) is 22.7. The molecule has 530 valence electrons. The van der Waals surface area contributed by atoms with Crippen molar-refractivity contribution >= 4 is 35.4 Å². The number of aromatic nitrogens is 1. The summed E-state index contributed by atoms with van der Waals surface area (Å²) in [7, 11) is 14.5. The second-order valence-corrected chi connectivity index (χ2v) is 24.4. The Kier molecular flexibility index (Phi) is 54.1. The standard InChI is InChI=1S/C15H22N2O.C13H19N3O.C11H22N2O.C10H20N2O.C9H18N2O2.C7H14N2O.6CH4/c1-16-10-8-14(9-11-16)15(18)17(2)12-13-6-4-3-5-7-13;1-16-8-5-11(6-9-16)13(17)15-10-12-4-2-3-7-14-12;1-4-13(5-2)11(14)10-6-8-12(3)9-7-10;1-3-6-11-10(13)9-4-7-12(2)8-5-9;1-11-5-2-8(3-6-11)9(13)10-4-7-12;1-9-4-2-6(3-5-9)7(8)10;;;;;;/h3-7,14H,8-12H2,1-2H3;2-4,7,11H,5-6,8-10H2,1H3,(H,15,17);10H,4-9H2,1-3H3;9H,3-8H2,1-2H3,(H,11,13);8,12H,2-7H2,1H3,(H,10,13);6H,2-5H2,1H3,(H2,8,10);6*1H4. The normalized spacial score (nSPS) is 18.1. The molecule has 6 N–H and O–H groups in total. The largest absolute Gasteiger partial charge is 0.395 e. The topological polar surface area (TPSA) is 224 Å². The van der Waals surface area contributed by atoms with E-state index < -0.39 is 0 Å². The van der Waals surface area contributed by atoms with Gasteiger partial charge in [-0.05, 0) is 236 Å². The monoisotopic (exact) mass is 1290 g/mol. The second-order valence-electron chi connectivity index (χ2n) is 24.4. The molecule has 0 aliphatic carbocycles. The zero-order chi connectivity index (χ0) is 62.5. The Balaban J connectivity index is -0.000000497. The minimum Gasteiger partial charge on any atom is -0.395 e. The summed E-state index contributed by atoms with van der Waals surface area (Å²) in [5.41, 5.74) is 7.26. The van der Waals surface area contributed by atoms with E-state index in [0.29, 0.717) is 31.4 Å². The number of hydrogen-bond acceptors (Lipinski definition) is 14. The Morgan fingerprint density at radius 3 is 1.13 bits per heavy atom. The van der Waals surface area contributed by atoms with Gasteiger partial charge in [0.15, 0.2) is 0 Å². The van der Waals surface area contributed by atoms with Crippen molar-refractivity contribution in [2.24, 2.45) is 41.2 Å². The van der Waals surface area contributed by atoms with Crippen LogP contribution in [0.1, 0.15) is 160 Å². The van der Waals surface area contributed by atoms with Gasteiger partial charge in [-0.25, -0.2) is 0 Å². The number of nitrogens with two attached hydrogens (primary N) is 1. The van der Waals surface area contributed by atoms with E-state index in [1.807, 2.05) is 53.2 Å². The van der Waals surface area contributed by atoms with E-state index in [4.69, 9.17) is 10.8 Å². The molecule has 0 bridgehead atoms. The van der Waals surface area contributed by atoms with Crippen LogP contribution in [0.4, 0.5) is 0 Å². The van der Waals surface area contributed by atoms with Crippen molar-refractivity contribution < 1.29 is 33.9 Å². The molecule has 0 radical (unpaired) electrons. The van der Waals surface area contributed by atoms with Gasteiger partial charge < -0.3 is 66.0 Å². The van der Waals surface area contributed by atoms with E-state index in [1.54, 1.807) is 6.20 Å². The molecule has 0 saturated carbocycles. The Morgan fingerprint density at radius 2 is 0.802 bits per heavy atom. The van der Waals surface area contributed by atoms with Gasteiger partial charge >= 0.3 is 0 Å². The average molecular weight is 1290 g/mol. The molecule has 0 atom stereocenters. The summed E-state index contributed by atoms with van der Waals surface area (Å²) in [5.74, 6) is 2.29. The highest BCUT2D eigenvalue weighted by atomic mass is 16.3. The number of piperidine rings is 6. The number of nitrogens with zero attached hydrogens (tertiary/aromatic N) is 9. The number of likely N-dealkylation sites (tertiary alicyclic amines) is 6. The average Bonchev–Trinajstić information content (AvgIpc) is 1.72. The van der Waals surface area contributed by atoms with Crippen molar-refractivity contribution in [2.75, 3.05) is 161 Å². The number of pyridine rings is 1. The molecule has 91 heavy (non-hydrogen) atoms. The third-order valence-electron chi connectivity index (χ3n) is 17.4. The molecule has 8 rings (SSSR count). The fourth-order valence-electron chi connectivity index (χ4n) is 11.2. The highest BCUT2D eigenvalue weighted by Crippen LogP contribution is 2.22. The first-order valence-corrected chi connectivity index (χ1v) is 32.1. The molecule has 6 aliphatic rings. The van der Waals surface area contributed by atoms with Crippen molar-refractivity contribution in [1.82, 2.24) is 60.1 Å². The van der Waals surface area contributed by atoms with Gasteiger partial charge in [0.25, 0.3) is 0 Å². The highest BCUT2D eigenvalue weighted by molar-refractivity contribution is 5.80. The number of carbonyl (C=O) groups excluding carboxylic acids is 6. The van der Waals surface area contributed by atoms with E-state index in [-0.39, 0.29) is 110 Å². The Hall–Kier alpha value is -5.09. The van der Waals surface area contributed by atoms with Crippen molar-refractivity contribution in [3.63, 3.8) is 0 Å². The molecule has 0 spiro atoms. The third kappa shape index (κ3) is 38.0. The van der Waals surface area contributed by atoms with E-state index in [0.717, 1.165) is 187 Å². The van der Waals surface area contributed by atoms with Crippen molar-refractivity contribution in [3.05, 3.63) is 66.0 Å². The minimum absolute atomic E-state index is 0. The van der Waals surface area contributed by atoms with Crippen LogP contribution in [0.5, 0.6) is 0 Å². The molecule has 1 aromatic heterocycles. The number of nitrogens with one attached hydrogen (secondary N) is 3. The first kappa shape index (κ1) is 92.3. The van der Waals surface area contributed by atoms with E-state index in [9.17, 15) is 28.8 Å². The number of rotatable bonds is 16. The lowest BCUT2D eigenvalue weighted by Crippen LogP contribution is -2.41. The summed E-state index contributed by atoms with van der Waals surface area (Å²) in [6, 6.07) is 15.9. The van der Waals surface area contributed by atoms with Crippen LogP contribution in [0.15, 0.2) is 54.7 Å². The van der Waals surface area contributed by atoms with Crippen molar-refractivity contribution in [3.8, 4) is 0 Å². The van der Waals surface area contributed by atoms with Gasteiger partial charge in [0.1, 0.15) is 0 Å². The lowest BCUT2D eigenvalue weighted by molar-refractivity contribution is -0.137. The van der Waals surface area contributed by atoms with Crippen LogP contribution >= 0.6 is 0 Å². The number of benzene rings is 1. The molecule has 6 amide bonds. The third-order valence-corrected chi connectivity index (χ3v) is 17.4. The minimum atomic E-state index is -0.131. The zero-order valence-corrected chi connectivity index (χ0v) is 54.3. The molecule has 1 aromatic carbocycles. The molecular formula is C71H139N13O7. The van der Waals surface area contributed by atoms with Crippen molar-refractivity contribution in [1.29, 1.82) is 0 Å². The fourth-order valence-corrected chi connectivity index (χ4v) is 11.2. The number of aliphatic hydroxyl groups is 1. The molecule has 0 unspecified atom stereocenters. The number of amides is 6.